The van der Waals surface area contributed by atoms with Crippen molar-refractivity contribution in [3.05, 3.63) is 108 Å². The zero-order chi connectivity index (χ0) is 31.0. The number of fused-ring (bicyclic) bond motifs is 1. The van der Waals surface area contributed by atoms with E-state index in [0.717, 1.165) is 28.5 Å². The molecule has 246 valence electrons. The van der Waals surface area contributed by atoms with E-state index in [2.05, 4.69) is 84.6 Å². The minimum Gasteiger partial charge on any atom is -0.368 e. The van der Waals surface area contributed by atoms with E-state index >= 15 is 0 Å². The van der Waals surface area contributed by atoms with Crippen LogP contribution < -0.4 is 0 Å². The largest absolute Gasteiger partial charge is 0.368 e. The topological polar surface area (TPSA) is 46.2 Å². The van der Waals surface area contributed by atoms with Crippen LogP contribution in [0.1, 0.15) is 87.2 Å². The second-order valence-electron chi connectivity index (χ2n) is 13.6. The van der Waals surface area contributed by atoms with Gasteiger partial charge in [-0.05, 0) is 48.6 Å². The predicted molar refractivity (Wildman–Crippen MR) is 183 cm³/mol. The molecule has 0 spiro atoms. The first kappa shape index (κ1) is 32.4. The van der Waals surface area contributed by atoms with Crippen molar-refractivity contribution in [2.75, 3.05) is 6.61 Å². The summed E-state index contributed by atoms with van der Waals surface area (Å²) in [6, 6.07) is 31.2. The molecule has 0 bridgehead atoms. The first-order valence-electron chi connectivity index (χ1n) is 17.8. The van der Waals surface area contributed by atoms with Crippen molar-refractivity contribution < 1.29 is 23.7 Å². The Labute approximate surface area is 279 Å². The Hall–Kier alpha value is -2.19. The molecular formula is C40H50O5S. The summed E-state index contributed by atoms with van der Waals surface area (Å²) in [5.41, 5.74) is 3.14. The lowest BCUT2D eigenvalue weighted by Crippen LogP contribution is -2.62. The second-order valence-corrected chi connectivity index (χ2v) is 14.9. The van der Waals surface area contributed by atoms with E-state index in [1.807, 2.05) is 18.2 Å². The molecule has 5 nitrogen and oxygen atoms in total. The van der Waals surface area contributed by atoms with E-state index in [-0.39, 0.29) is 29.9 Å². The molecule has 0 radical (unpaired) electrons. The van der Waals surface area contributed by atoms with Crippen LogP contribution in [0.15, 0.2) is 91.0 Å². The van der Waals surface area contributed by atoms with Gasteiger partial charge in [-0.25, -0.2) is 0 Å². The molecule has 3 aromatic rings. The number of benzene rings is 3. The van der Waals surface area contributed by atoms with Gasteiger partial charge in [-0.1, -0.05) is 130 Å². The van der Waals surface area contributed by atoms with Crippen molar-refractivity contribution in [1.29, 1.82) is 0 Å². The number of rotatable bonds is 11. The third kappa shape index (κ3) is 8.08. The maximum Gasteiger partial charge on any atom is 0.184 e. The molecule has 0 aromatic heterocycles. The third-order valence-corrected chi connectivity index (χ3v) is 12.2. The quantitative estimate of drug-likeness (QED) is 0.208. The van der Waals surface area contributed by atoms with Crippen LogP contribution in [-0.2, 0) is 36.9 Å². The fraction of sp³-hybridized carbons (Fsp3) is 0.550. The third-order valence-electron chi connectivity index (χ3n) is 10.4. The molecule has 2 aliphatic carbocycles. The van der Waals surface area contributed by atoms with Crippen molar-refractivity contribution in [3.8, 4) is 0 Å². The zero-order valence-corrected chi connectivity index (χ0v) is 27.8. The molecule has 3 aromatic carbocycles. The maximum atomic E-state index is 7.08. The van der Waals surface area contributed by atoms with E-state index in [9.17, 15) is 0 Å². The van der Waals surface area contributed by atoms with Gasteiger partial charge >= 0.3 is 0 Å². The number of hydrogen-bond donors (Lipinski definition) is 0. The van der Waals surface area contributed by atoms with Crippen molar-refractivity contribution in [1.82, 2.24) is 0 Å². The van der Waals surface area contributed by atoms with Crippen LogP contribution in [0.4, 0.5) is 0 Å². The Morgan fingerprint density at radius 2 is 1.13 bits per heavy atom. The van der Waals surface area contributed by atoms with Crippen molar-refractivity contribution in [2.24, 2.45) is 11.8 Å². The predicted octanol–water partition coefficient (Wildman–Crippen LogP) is 9.26. The fourth-order valence-corrected chi connectivity index (χ4v) is 9.92. The van der Waals surface area contributed by atoms with Gasteiger partial charge in [0, 0.05) is 10.8 Å². The van der Waals surface area contributed by atoms with E-state index < -0.39 is 6.29 Å². The number of ether oxygens (including phenoxy) is 5. The van der Waals surface area contributed by atoms with Crippen LogP contribution in [0.2, 0.25) is 0 Å². The molecule has 0 N–H and O–H groups in total. The van der Waals surface area contributed by atoms with Crippen LogP contribution in [-0.4, -0.2) is 41.7 Å². The standard InChI is InChI=1S/C40H50O5S/c1-6-16-29(17-7-1)26-41-36-35-34(28-43-39(45-35)33-24-14-5-15-25-33)44-40(37(36)42-27-30-18-8-2-9-19-30)46-38(31-20-10-3-11-21-31)32-22-12-4-13-23-32/h1-2,5-9,14-19,24-25,31-32,34-40H,3-4,10-13,20-23,26-28H2/t34-,35-,36+,37-,39-,40-/m1/s1. The van der Waals surface area contributed by atoms with Gasteiger partial charge in [0.15, 0.2) is 6.29 Å². The number of thioether (sulfide) groups is 1. The maximum absolute atomic E-state index is 7.08. The molecule has 46 heavy (non-hydrogen) atoms. The van der Waals surface area contributed by atoms with E-state index in [4.69, 9.17) is 23.7 Å². The molecule has 2 heterocycles. The highest BCUT2D eigenvalue weighted by Crippen LogP contribution is 2.47. The Kier molecular flexibility index (Phi) is 11.4. The summed E-state index contributed by atoms with van der Waals surface area (Å²) in [5, 5.41) is 0.572. The van der Waals surface area contributed by atoms with Crippen LogP contribution in [0.3, 0.4) is 0 Å². The average molecular weight is 643 g/mol. The van der Waals surface area contributed by atoms with Crippen molar-refractivity contribution in [2.45, 2.75) is 119 Å². The van der Waals surface area contributed by atoms with Crippen LogP contribution >= 0.6 is 11.8 Å². The lowest BCUT2D eigenvalue weighted by molar-refractivity contribution is -0.329. The summed E-state index contributed by atoms with van der Waals surface area (Å²) < 4.78 is 34.1. The Bertz CT molecular complexity index is 1280. The van der Waals surface area contributed by atoms with E-state index in [0.29, 0.717) is 25.1 Å². The molecule has 7 rings (SSSR count). The molecule has 2 aliphatic heterocycles. The molecule has 2 saturated heterocycles. The first-order chi connectivity index (χ1) is 22.8. The van der Waals surface area contributed by atoms with Crippen LogP contribution in [0.25, 0.3) is 0 Å². The monoisotopic (exact) mass is 642 g/mol. The Morgan fingerprint density at radius 1 is 0.609 bits per heavy atom. The van der Waals surface area contributed by atoms with E-state index in [1.165, 1.54) is 64.2 Å². The normalized spacial score (nSPS) is 29.4. The van der Waals surface area contributed by atoms with Crippen LogP contribution in [0.5, 0.6) is 0 Å². The highest BCUT2D eigenvalue weighted by Gasteiger charge is 2.52. The summed E-state index contributed by atoms with van der Waals surface area (Å²) in [5.74, 6) is 1.48. The van der Waals surface area contributed by atoms with Crippen molar-refractivity contribution >= 4 is 11.8 Å². The smallest absolute Gasteiger partial charge is 0.184 e. The van der Waals surface area contributed by atoms with Gasteiger partial charge in [0.2, 0.25) is 0 Å². The zero-order valence-electron chi connectivity index (χ0n) is 27.0. The summed E-state index contributed by atoms with van der Waals surface area (Å²) in [4.78, 5) is 0. The Morgan fingerprint density at radius 3 is 1.70 bits per heavy atom. The molecule has 6 atom stereocenters. The van der Waals surface area contributed by atoms with Crippen molar-refractivity contribution in [3.63, 3.8) is 0 Å². The van der Waals surface area contributed by atoms with Gasteiger partial charge in [0.25, 0.3) is 0 Å². The summed E-state index contributed by atoms with van der Waals surface area (Å²) in [7, 11) is 0. The minimum atomic E-state index is -0.468. The van der Waals surface area contributed by atoms with E-state index in [1.54, 1.807) is 0 Å². The fourth-order valence-electron chi connectivity index (χ4n) is 8.02. The second kappa shape index (κ2) is 16.3. The molecule has 6 heteroatoms. The highest BCUT2D eigenvalue weighted by atomic mass is 32.2. The van der Waals surface area contributed by atoms with Crippen LogP contribution in [0, 0.1) is 11.8 Å². The molecule has 0 amide bonds. The Balaban J connectivity index is 1.19. The molecular weight excluding hydrogens is 593 g/mol. The number of hydrogen-bond acceptors (Lipinski definition) is 6. The average Bonchev–Trinajstić information content (AvgIpc) is 3.14. The first-order valence-corrected chi connectivity index (χ1v) is 18.7. The minimum absolute atomic E-state index is 0.167. The molecule has 0 unspecified atom stereocenters. The van der Waals surface area contributed by atoms with Gasteiger partial charge in [-0.15, -0.1) is 11.8 Å². The molecule has 4 aliphatic rings. The summed E-state index contributed by atoms with van der Waals surface area (Å²) in [6.45, 7) is 1.46. The lowest BCUT2D eigenvalue weighted by atomic mass is 9.77. The van der Waals surface area contributed by atoms with Gasteiger partial charge in [0.1, 0.15) is 29.9 Å². The lowest BCUT2D eigenvalue weighted by Gasteiger charge is -2.50. The summed E-state index contributed by atoms with van der Waals surface area (Å²) >= 11 is 2.06. The molecule has 2 saturated carbocycles. The van der Waals surface area contributed by atoms with Gasteiger partial charge in [-0.2, -0.15) is 0 Å². The van der Waals surface area contributed by atoms with Gasteiger partial charge in [-0.3, -0.25) is 0 Å². The molecule has 4 fully saturated rings. The SMILES string of the molecule is c1ccc(CO[C@@H]2[C@@H](OCc3ccccc3)[C@@H](SC(C3CCCCC3)C3CCCCC3)O[C@@H]3CO[C@@H](c4ccccc4)O[C@@H]23)cc1. The van der Waals surface area contributed by atoms with Gasteiger partial charge in [0.05, 0.1) is 19.8 Å². The summed E-state index contributed by atoms with van der Waals surface area (Å²) in [6.07, 6.45) is 11.9. The highest BCUT2D eigenvalue weighted by molar-refractivity contribution is 8.00. The van der Waals surface area contributed by atoms with Gasteiger partial charge < -0.3 is 23.7 Å².